The van der Waals surface area contributed by atoms with Crippen molar-refractivity contribution in [1.82, 2.24) is 9.62 Å². The van der Waals surface area contributed by atoms with Crippen molar-refractivity contribution in [2.24, 2.45) is 11.8 Å². The molecular weight excluding hydrogens is 588 g/mol. The SMILES string of the molecule is CCCCOc1ccc(C[C@H](NC(=O)O[C@H]2CO[C@H]3OCC[C@H]32)[C@H](O)CN(CC(C)C)S(=O)(=O)c2ccc(OC)cc2)cc1. The quantitative estimate of drug-likeness (QED) is 0.263. The number of benzene rings is 2. The molecule has 2 aliphatic heterocycles. The molecule has 0 aliphatic carbocycles. The minimum atomic E-state index is -3.97. The van der Waals surface area contributed by atoms with Crippen molar-refractivity contribution in [3.05, 3.63) is 54.1 Å². The summed E-state index contributed by atoms with van der Waals surface area (Å²) >= 11 is 0. The van der Waals surface area contributed by atoms with Gasteiger partial charge in [0.25, 0.3) is 0 Å². The standard InChI is InChI=1S/C32H46N2O9S/c1-5-6-16-40-25-9-7-23(8-10-25)18-28(33-32(36)43-30-21-42-31-27(30)15-17-41-31)29(35)20-34(19-22(2)3)44(37,38)26-13-11-24(39-4)12-14-26/h7-14,22,27-31,35H,5-6,15-21H2,1-4H3,(H,33,36)/t27-,28-,29+,30-,31+/m0/s1. The van der Waals surface area contributed by atoms with Gasteiger partial charge in [0.05, 0.1) is 49.9 Å². The smallest absolute Gasteiger partial charge is 0.407 e. The van der Waals surface area contributed by atoms with Crippen molar-refractivity contribution in [1.29, 1.82) is 0 Å². The second-order valence-corrected chi connectivity index (χ2v) is 13.7. The van der Waals surface area contributed by atoms with E-state index in [9.17, 15) is 18.3 Å². The Labute approximate surface area is 260 Å². The Morgan fingerprint density at radius 1 is 1.07 bits per heavy atom. The van der Waals surface area contributed by atoms with Crippen LogP contribution in [0.2, 0.25) is 0 Å². The number of ether oxygens (including phenoxy) is 5. The van der Waals surface area contributed by atoms with Crippen LogP contribution in [-0.2, 0) is 30.7 Å². The highest BCUT2D eigenvalue weighted by atomic mass is 32.2. The molecule has 0 spiro atoms. The number of hydrogen-bond donors (Lipinski definition) is 2. The van der Waals surface area contributed by atoms with Crippen LogP contribution in [0.25, 0.3) is 0 Å². The number of alkyl carbamates (subject to hydrolysis) is 1. The Morgan fingerprint density at radius 2 is 1.77 bits per heavy atom. The van der Waals surface area contributed by atoms with Crippen LogP contribution in [0.1, 0.15) is 45.6 Å². The number of fused-ring (bicyclic) bond motifs is 1. The Morgan fingerprint density at radius 3 is 2.43 bits per heavy atom. The second kappa shape index (κ2) is 15.9. The number of nitrogens with one attached hydrogen (secondary N) is 1. The third-order valence-corrected chi connectivity index (χ3v) is 9.66. The van der Waals surface area contributed by atoms with Crippen molar-refractivity contribution in [2.75, 3.05) is 40.0 Å². The monoisotopic (exact) mass is 634 g/mol. The molecule has 2 aliphatic rings. The molecule has 2 N–H and O–H groups in total. The number of aliphatic hydroxyl groups is 1. The summed E-state index contributed by atoms with van der Waals surface area (Å²) in [6.07, 6.45) is 0.152. The molecule has 4 rings (SSSR count). The highest BCUT2D eigenvalue weighted by Gasteiger charge is 2.44. The normalized spacial score (nSPS) is 21.2. The summed E-state index contributed by atoms with van der Waals surface area (Å²) in [7, 11) is -2.46. The van der Waals surface area contributed by atoms with Crippen LogP contribution in [-0.4, -0.2) is 88.5 Å². The summed E-state index contributed by atoms with van der Waals surface area (Å²) in [6, 6.07) is 12.7. The number of carbonyl (C=O) groups excluding carboxylic acids is 1. The molecule has 0 radical (unpaired) electrons. The predicted octanol–water partition coefficient (Wildman–Crippen LogP) is 3.98. The third kappa shape index (κ3) is 9.07. The van der Waals surface area contributed by atoms with Gasteiger partial charge in [-0.05, 0) is 67.1 Å². The predicted molar refractivity (Wildman–Crippen MR) is 164 cm³/mol. The van der Waals surface area contributed by atoms with E-state index in [4.69, 9.17) is 23.7 Å². The first-order chi connectivity index (χ1) is 21.1. The Kier molecular flexibility index (Phi) is 12.3. The zero-order chi connectivity index (χ0) is 31.7. The summed E-state index contributed by atoms with van der Waals surface area (Å²) in [6.45, 7) is 7.25. The van der Waals surface area contributed by atoms with Crippen molar-refractivity contribution >= 4 is 16.1 Å². The summed E-state index contributed by atoms with van der Waals surface area (Å²) in [5.41, 5.74) is 0.832. The minimum absolute atomic E-state index is 0.0178. The zero-order valence-corrected chi connectivity index (χ0v) is 26.8. The number of unbranched alkanes of at least 4 members (excludes halogenated alkanes) is 1. The molecular formula is C32H46N2O9S. The molecule has 2 heterocycles. The summed E-state index contributed by atoms with van der Waals surface area (Å²) in [4.78, 5) is 13.2. The summed E-state index contributed by atoms with van der Waals surface area (Å²) < 4.78 is 56.5. The fourth-order valence-corrected chi connectivity index (χ4v) is 7.00. The molecule has 44 heavy (non-hydrogen) atoms. The lowest BCUT2D eigenvalue weighted by Gasteiger charge is -2.31. The van der Waals surface area contributed by atoms with Gasteiger partial charge in [-0.3, -0.25) is 0 Å². The summed E-state index contributed by atoms with van der Waals surface area (Å²) in [5.74, 6) is 1.21. The number of aliphatic hydroxyl groups excluding tert-OH is 1. The van der Waals surface area contributed by atoms with Crippen molar-refractivity contribution in [3.63, 3.8) is 0 Å². The lowest BCUT2D eigenvalue weighted by molar-refractivity contribution is -0.0907. The van der Waals surface area contributed by atoms with Gasteiger partial charge in [0.15, 0.2) is 6.29 Å². The largest absolute Gasteiger partial charge is 0.497 e. The van der Waals surface area contributed by atoms with Crippen LogP contribution in [0.4, 0.5) is 4.79 Å². The molecule has 0 aromatic heterocycles. The van der Waals surface area contributed by atoms with E-state index in [1.54, 1.807) is 12.1 Å². The number of nitrogens with zero attached hydrogens (tertiary/aromatic N) is 1. The molecule has 12 heteroatoms. The molecule has 1 amide bonds. The molecule has 2 fully saturated rings. The molecule has 5 atom stereocenters. The second-order valence-electron chi connectivity index (χ2n) is 11.7. The molecule has 0 saturated carbocycles. The molecule has 2 aromatic carbocycles. The number of amides is 1. The highest BCUT2D eigenvalue weighted by Crippen LogP contribution is 2.33. The number of rotatable bonds is 16. The average molecular weight is 635 g/mol. The maximum Gasteiger partial charge on any atom is 0.407 e. The lowest BCUT2D eigenvalue weighted by atomic mass is 10.0. The summed E-state index contributed by atoms with van der Waals surface area (Å²) in [5, 5.41) is 14.4. The Bertz CT molecular complexity index is 1290. The Hall–Kier alpha value is -2.90. The average Bonchev–Trinajstić information content (AvgIpc) is 3.62. The van der Waals surface area contributed by atoms with Gasteiger partial charge < -0.3 is 34.1 Å². The fraction of sp³-hybridized carbons (Fsp3) is 0.594. The van der Waals surface area contributed by atoms with Crippen LogP contribution in [0.3, 0.4) is 0 Å². The van der Waals surface area contributed by atoms with E-state index in [0.717, 1.165) is 30.6 Å². The highest BCUT2D eigenvalue weighted by molar-refractivity contribution is 7.89. The first-order valence-electron chi connectivity index (χ1n) is 15.3. The molecule has 0 bridgehead atoms. The first kappa shape index (κ1) is 34.0. The van der Waals surface area contributed by atoms with Gasteiger partial charge >= 0.3 is 6.09 Å². The fourth-order valence-electron chi connectivity index (χ4n) is 5.37. The molecule has 244 valence electrons. The van der Waals surface area contributed by atoms with E-state index >= 15 is 0 Å². The van der Waals surface area contributed by atoms with Gasteiger partial charge in [0.2, 0.25) is 10.0 Å². The number of carbonyl (C=O) groups is 1. The van der Waals surface area contributed by atoms with Crippen LogP contribution in [0.5, 0.6) is 11.5 Å². The van der Waals surface area contributed by atoms with E-state index in [1.165, 1.54) is 23.5 Å². The van der Waals surface area contributed by atoms with Crippen molar-refractivity contribution < 1.29 is 42.0 Å². The van der Waals surface area contributed by atoms with Crippen molar-refractivity contribution in [3.8, 4) is 11.5 Å². The van der Waals surface area contributed by atoms with Crippen LogP contribution < -0.4 is 14.8 Å². The molecule has 11 nitrogen and oxygen atoms in total. The first-order valence-corrected chi connectivity index (χ1v) is 16.8. The Balaban J connectivity index is 1.51. The van der Waals surface area contributed by atoms with Gasteiger partial charge in [-0.25, -0.2) is 13.2 Å². The van der Waals surface area contributed by atoms with Gasteiger partial charge in [-0.2, -0.15) is 4.31 Å². The maximum atomic E-state index is 13.7. The number of sulfonamides is 1. The van der Waals surface area contributed by atoms with E-state index in [2.05, 4.69) is 12.2 Å². The van der Waals surface area contributed by atoms with Crippen LogP contribution in [0.15, 0.2) is 53.4 Å². The van der Waals surface area contributed by atoms with Gasteiger partial charge in [-0.1, -0.05) is 39.3 Å². The topological polar surface area (TPSA) is 133 Å². The molecule has 2 saturated heterocycles. The van der Waals surface area contributed by atoms with E-state index < -0.39 is 34.4 Å². The van der Waals surface area contributed by atoms with Crippen molar-refractivity contribution in [2.45, 2.75) is 75.9 Å². The zero-order valence-electron chi connectivity index (χ0n) is 26.0. The van der Waals surface area contributed by atoms with E-state index in [1.807, 2.05) is 38.1 Å². The van der Waals surface area contributed by atoms with Gasteiger partial charge in [-0.15, -0.1) is 0 Å². The number of methoxy groups -OCH3 is 1. The molecule has 0 unspecified atom stereocenters. The lowest BCUT2D eigenvalue weighted by Crippen LogP contribution is -2.51. The maximum absolute atomic E-state index is 13.7. The van der Waals surface area contributed by atoms with Crippen LogP contribution in [0, 0.1) is 11.8 Å². The van der Waals surface area contributed by atoms with E-state index in [-0.39, 0.29) is 49.1 Å². The van der Waals surface area contributed by atoms with Gasteiger partial charge in [0.1, 0.15) is 17.6 Å². The van der Waals surface area contributed by atoms with E-state index in [0.29, 0.717) is 19.0 Å². The third-order valence-electron chi connectivity index (χ3n) is 7.81. The van der Waals surface area contributed by atoms with Gasteiger partial charge in [0, 0.05) is 13.1 Å². The number of hydrogen-bond acceptors (Lipinski definition) is 9. The molecule has 2 aromatic rings. The minimum Gasteiger partial charge on any atom is -0.497 e. The van der Waals surface area contributed by atoms with Crippen LogP contribution >= 0.6 is 0 Å².